The second-order valence-corrected chi connectivity index (χ2v) is 7.28. The molecule has 4 rings (SSSR count). The quantitative estimate of drug-likeness (QED) is 0.325. The number of aromatic nitrogens is 3. The number of hydrogen-bond donors (Lipinski definition) is 1. The van der Waals surface area contributed by atoms with Gasteiger partial charge in [0.05, 0.1) is 16.3 Å². The average molecular weight is 443 g/mol. The molecule has 0 unspecified atom stereocenters. The molecule has 0 saturated heterocycles. The minimum Gasteiger partial charge on any atom is -0.489 e. The Labute approximate surface area is 189 Å². The van der Waals surface area contributed by atoms with E-state index < -0.39 is 10.8 Å². The largest absolute Gasteiger partial charge is 0.489 e. The van der Waals surface area contributed by atoms with Gasteiger partial charge in [0.1, 0.15) is 12.4 Å². The molecule has 9 nitrogen and oxygen atoms in total. The molecule has 1 N–H and O–H groups in total. The number of ether oxygens (including phenoxy) is 1. The molecule has 0 bridgehead atoms. The first-order chi connectivity index (χ1) is 16.0. The van der Waals surface area contributed by atoms with E-state index in [1.807, 2.05) is 54.6 Å². The second kappa shape index (κ2) is 9.73. The Hall–Kier alpha value is -4.53. The van der Waals surface area contributed by atoms with Gasteiger partial charge in [-0.3, -0.25) is 14.9 Å². The first-order valence-electron chi connectivity index (χ1n) is 10.2. The van der Waals surface area contributed by atoms with Crippen LogP contribution in [0.2, 0.25) is 0 Å². The minimum absolute atomic E-state index is 0.0690. The molecular formula is C24H21N5O4. The molecule has 0 aliphatic heterocycles. The highest BCUT2D eigenvalue weighted by Crippen LogP contribution is 2.21. The fourth-order valence-corrected chi connectivity index (χ4v) is 3.31. The van der Waals surface area contributed by atoms with Gasteiger partial charge in [0, 0.05) is 24.2 Å². The Morgan fingerprint density at radius 3 is 2.61 bits per heavy atom. The highest BCUT2D eigenvalue weighted by atomic mass is 16.6. The molecule has 33 heavy (non-hydrogen) atoms. The number of nitrogens with zero attached hydrogens (tertiary/aromatic N) is 4. The summed E-state index contributed by atoms with van der Waals surface area (Å²) in [5.74, 6) is 0.278. The Morgan fingerprint density at radius 2 is 1.82 bits per heavy atom. The van der Waals surface area contributed by atoms with Crippen LogP contribution in [0.1, 0.15) is 27.3 Å². The number of carbonyl (C=O) groups excluding carboxylic acids is 1. The van der Waals surface area contributed by atoms with Crippen molar-refractivity contribution in [2.24, 2.45) is 0 Å². The molecular weight excluding hydrogens is 422 g/mol. The molecule has 0 spiro atoms. The van der Waals surface area contributed by atoms with E-state index in [1.165, 1.54) is 16.8 Å². The first kappa shape index (κ1) is 21.7. The Kier molecular flexibility index (Phi) is 6.40. The van der Waals surface area contributed by atoms with Crippen LogP contribution in [0.15, 0.2) is 78.9 Å². The van der Waals surface area contributed by atoms with E-state index in [4.69, 9.17) is 4.74 Å². The topological polar surface area (TPSA) is 112 Å². The molecule has 9 heteroatoms. The number of nitro groups is 1. The Bertz CT molecular complexity index is 1290. The monoisotopic (exact) mass is 443 g/mol. The predicted molar refractivity (Wildman–Crippen MR) is 121 cm³/mol. The summed E-state index contributed by atoms with van der Waals surface area (Å²) in [7, 11) is 0. The van der Waals surface area contributed by atoms with Crippen LogP contribution in [-0.4, -0.2) is 25.8 Å². The summed E-state index contributed by atoms with van der Waals surface area (Å²) in [6.07, 6.45) is 0. The van der Waals surface area contributed by atoms with Gasteiger partial charge in [-0.15, -0.1) is 5.10 Å². The van der Waals surface area contributed by atoms with Gasteiger partial charge in [-0.25, -0.2) is 4.68 Å². The van der Waals surface area contributed by atoms with Crippen molar-refractivity contribution in [2.75, 3.05) is 0 Å². The van der Waals surface area contributed by atoms with Crippen LogP contribution in [0.3, 0.4) is 0 Å². The number of amides is 1. The summed E-state index contributed by atoms with van der Waals surface area (Å²) in [4.78, 5) is 23.3. The van der Waals surface area contributed by atoms with Gasteiger partial charge in [-0.05, 0) is 24.6 Å². The molecule has 4 aromatic rings. The molecule has 0 saturated carbocycles. The summed E-state index contributed by atoms with van der Waals surface area (Å²) in [5.41, 5.74) is 2.87. The van der Waals surface area contributed by atoms with Gasteiger partial charge in [-0.1, -0.05) is 59.8 Å². The highest BCUT2D eigenvalue weighted by Gasteiger charge is 2.19. The molecule has 0 aliphatic rings. The third-order valence-electron chi connectivity index (χ3n) is 5.04. The molecule has 0 atom stereocenters. The zero-order valence-corrected chi connectivity index (χ0v) is 17.8. The number of non-ortho nitro benzene ring substituents is 1. The van der Waals surface area contributed by atoms with Crippen molar-refractivity contribution < 1.29 is 14.5 Å². The molecule has 0 aliphatic carbocycles. The lowest BCUT2D eigenvalue weighted by molar-refractivity contribution is -0.384. The predicted octanol–water partition coefficient (Wildman–Crippen LogP) is 3.99. The van der Waals surface area contributed by atoms with Crippen LogP contribution in [0.4, 0.5) is 5.69 Å². The van der Waals surface area contributed by atoms with Crippen LogP contribution in [0, 0.1) is 17.0 Å². The van der Waals surface area contributed by atoms with Gasteiger partial charge < -0.3 is 10.1 Å². The highest BCUT2D eigenvalue weighted by molar-refractivity contribution is 5.93. The summed E-state index contributed by atoms with van der Waals surface area (Å²) >= 11 is 0. The molecule has 1 aromatic heterocycles. The standard InChI is InChI=1S/C24H21N5O4/c1-17-23(26-27-28(17)20-11-7-12-21(14-20)29(31)32)24(30)25-15-19-10-5-6-13-22(19)33-16-18-8-3-2-4-9-18/h2-14H,15-16H2,1H3,(H,25,30). The SMILES string of the molecule is Cc1c(C(=O)NCc2ccccc2OCc2ccccc2)nnn1-c1cccc([N+](=O)[O-])c1. The summed E-state index contributed by atoms with van der Waals surface area (Å²) < 4.78 is 7.34. The average Bonchev–Trinajstić information content (AvgIpc) is 3.23. The number of carbonyl (C=O) groups is 1. The van der Waals surface area contributed by atoms with Gasteiger partial charge >= 0.3 is 0 Å². The number of benzene rings is 3. The fraction of sp³-hybridized carbons (Fsp3) is 0.125. The maximum absolute atomic E-state index is 12.8. The zero-order chi connectivity index (χ0) is 23.2. The molecule has 0 fully saturated rings. The summed E-state index contributed by atoms with van der Waals surface area (Å²) in [5, 5.41) is 21.9. The van der Waals surface area contributed by atoms with Crippen molar-refractivity contribution in [3.63, 3.8) is 0 Å². The lowest BCUT2D eigenvalue weighted by Gasteiger charge is -2.12. The van der Waals surface area contributed by atoms with Gasteiger partial charge in [-0.2, -0.15) is 0 Å². The number of nitrogens with one attached hydrogen (secondary N) is 1. The molecule has 1 heterocycles. The lowest BCUT2D eigenvalue weighted by Crippen LogP contribution is -2.24. The van der Waals surface area contributed by atoms with Crippen molar-refractivity contribution >= 4 is 11.6 Å². The van der Waals surface area contributed by atoms with Crippen LogP contribution in [-0.2, 0) is 13.2 Å². The molecule has 0 radical (unpaired) electrons. The van der Waals surface area contributed by atoms with Crippen LogP contribution >= 0.6 is 0 Å². The fourth-order valence-electron chi connectivity index (χ4n) is 3.31. The zero-order valence-electron chi connectivity index (χ0n) is 17.8. The van der Waals surface area contributed by atoms with Crippen molar-refractivity contribution in [3.8, 4) is 11.4 Å². The maximum Gasteiger partial charge on any atom is 0.274 e. The van der Waals surface area contributed by atoms with Gasteiger partial charge in [0.15, 0.2) is 5.69 Å². The van der Waals surface area contributed by atoms with E-state index >= 15 is 0 Å². The summed E-state index contributed by atoms with van der Waals surface area (Å²) in [6.45, 7) is 2.35. The number of rotatable bonds is 8. The Balaban J connectivity index is 1.45. The number of nitro benzene ring substituents is 1. The van der Waals surface area contributed by atoms with E-state index in [1.54, 1.807) is 19.1 Å². The van der Waals surface area contributed by atoms with Gasteiger partial charge in [0.2, 0.25) is 0 Å². The smallest absolute Gasteiger partial charge is 0.274 e. The van der Waals surface area contributed by atoms with Gasteiger partial charge in [0.25, 0.3) is 11.6 Å². The van der Waals surface area contributed by atoms with E-state index in [0.717, 1.165) is 11.1 Å². The van der Waals surface area contributed by atoms with Crippen LogP contribution < -0.4 is 10.1 Å². The van der Waals surface area contributed by atoms with E-state index in [-0.39, 0.29) is 17.9 Å². The van der Waals surface area contributed by atoms with Crippen LogP contribution in [0.5, 0.6) is 5.75 Å². The number of hydrogen-bond acceptors (Lipinski definition) is 6. The van der Waals surface area contributed by atoms with E-state index in [0.29, 0.717) is 23.7 Å². The van der Waals surface area contributed by atoms with Crippen molar-refractivity contribution in [2.45, 2.75) is 20.1 Å². The number of para-hydroxylation sites is 1. The van der Waals surface area contributed by atoms with Crippen molar-refractivity contribution in [1.29, 1.82) is 0 Å². The maximum atomic E-state index is 12.8. The van der Waals surface area contributed by atoms with E-state index in [9.17, 15) is 14.9 Å². The lowest BCUT2D eigenvalue weighted by atomic mass is 10.2. The molecule has 1 amide bonds. The second-order valence-electron chi connectivity index (χ2n) is 7.28. The first-order valence-corrected chi connectivity index (χ1v) is 10.2. The van der Waals surface area contributed by atoms with Crippen molar-refractivity contribution in [3.05, 3.63) is 111 Å². The third-order valence-corrected chi connectivity index (χ3v) is 5.04. The normalized spacial score (nSPS) is 10.6. The molecule has 3 aromatic carbocycles. The minimum atomic E-state index is -0.485. The summed E-state index contributed by atoms with van der Waals surface area (Å²) in [6, 6.07) is 23.3. The van der Waals surface area contributed by atoms with E-state index in [2.05, 4.69) is 15.6 Å². The molecule has 166 valence electrons. The Morgan fingerprint density at radius 1 is 1.06 bits per heavy atom. The van der Waals surface area contributed by atoms with Crippen molar-refractivity contribution in [1.82, 2.24) is 20.3 Å². The third kappa shape index (κ3) is 5.04. The van der Waals surface area contributed by atoms with Crippen LogP contribution in [0.25, 0.3) is 5.69 Å².